The molecule has 0 saturated heterocycles. The lowest BCUT2D eigenvalue weighted by atomic mass is 9.49. The summed E-state index contributed by atoms with van der Waals surface area (Å²) >= 11 is 0. The van der Waals surface area contributed by atoms with E-state index in [9.17, 15) is 18.0 Å². The van der Waals surface area contributed by atoms with Crippen LogP contribution in [0.2, 0.25) is 0 Å². The highest BCUT2D eigenvalue weighted by atomic mass is 32.2. The van der Waals surface area contributed by atoms with Crippen LogP contribution in [0.25, 0.3) is 0 Å². The Kier molecular flexibility index (Phi) is 5.19. The highest BCUT2D eigenvalue weighted by Gasteiger charge is 2.54. The molecule has 4 aliphatic rings. The van der Waals surface area contributed by atoms with Crippen LogP contribution < -0.4 is 15.4 Å². The normalized spacial score (nSPS) is 31.3. The van der Waals surface area contributed by atoms with E-state index in [0.717, 1.165) is 19.3 Å². The zero-order valence-electron chi connectivity index (χ0n) is 16.9. The lowest BCUT2D eigenvalue weighted by Gasteiger charge is -2.55. The van der Waals surface area contributed by atoms with Gasteiger partial charge in [-0.05, 0) is 94.5 Å². The lowest BCUT2D eigenvalue weighted by molar-refractivity contribution is -0.147. The number of anilines is 1. The summed E-state index contributed by atoms with van der Waals surface area (Å²) in [6, 6.07) is 5.28. The molecule has 29 heavy (non-hydrogen) atoms. The Balaban J connectivity index is 1.37. The second-order valence-electron chi connectivity index (χ2n) is 9.11. The average Bonchev–Trinajstić information content (AvgIpc) is 2.67. The average molecular weight is 420 g/mol. The monoisotopic (exact) mass is 419 g/mol. The van der Waals surface area contributed by atoms with E-state index in [4.69, 9.17) is 0 Å². The van der Waals surface area contributed by atoms with Crippen molar-refractivity contribution < 1.29 is 18.0 Å². The van der Waals surface area contributed by atoms with Crippen LogP contribution in [0.1, 0.15) is 45.4 Å². The van der Waals surface area contributed by atoms with Gasteiger partial charge in [-0.1, -0.05) is 0 Å². The Morgan fingerprint density at radius 1 is 1.00 bits per heavy atom. The van der Waals surface area contributed by atoms with Gasteiger partial charge in [0.1, 0.15) is 6.04 Å². The van der Waals surface area contributed by atoms with Crippen molar-refractivity contribution >= 4 is 27.5 Å². The van der Waals surface area contributed by atoms with Gasteiger partial charge in [0.15, 0.2) is 0 Å². The number of hydrogen-bond donors (Lipinski definition) is 3. The van der Waals surface area contributed by atoms with Gasteiger partial charge in [0.25, 0.3) is 0 Å². The standard InChI is InChI=1S/C21H29N3O4S/c1-13(19(25)24-17-3-5-18(6-4-17)29(27,28)22-2)23-20(26)21-10-14-7-15(11-21)9-16(8-14)12-21/h3-6,13-16,22H,7-12H2,1-2H3,(H,23,26)(H,24,25)/t13-,14?,15?,16?,21?/m0/s1. The van der Waals surface area contributed by atoms with Gasteiger partial charge >= 0.3 is 0 Å². The zero-order chi connectivity index (χ0) is 20.8. The maximum absolute atomic E-state index is 13.1. The summed E-state index contributed by atoms with van der Waals surface area (Å²) in [5, 5.41) is 5.69. The van der Waals surface area contributed by atoms with E-state index in [-0.39, 0.29) is 22.1 Å². The number of amides is 2. The van der Waals surface area contributed by atoms with E-state index < -0.39 is 16.1 Å². The molecule has 4 bridgehead atoms. The molecular formula is C21H29N3O4S. The second kappa shape index (κ2) is 7.40. The van der Waals surface area contributed by atoms with Gasteiger partial charge in [0.2, 0.25) is 21.8 Å². The maximum Gasteiger partial charge on any atom is 0.246 e. The number of benzene rings is 1. The third-order valence-corrected chi connectivity index (χ3v) is 8.39. The fourth-order valence-electron chi connectivity index (χ4n) is 5.89. The minimum atomic E-state index is -3.52. The smallest absolute Gasteiger partial charge is 0.246 e. The molecule has 3 N–H and O–H groups in total. The minimum Gasteiger partial charge on any atom is -0.344 e. The molecule has 1 aromatic carbocycles. The Morgan fingerprint density at radius 3 is 2.00 bits per heavy atom. The van der Waals surface area contributed by atoms with E-state index in [1.54, 1.807) is 6.92 Å². The van der Waals surface area contributed by atoms with Gasteiger partial charge in [-0.2, -0.15) is 0 Å². The predicted octanol–water partition coefficient (Wildman–Crippen LogP) is 2.25. The molecule has 1 atom stereocenters. The van der Waals surface area contributed by atoms with Crippen LogP contribution in [0.15, 0.2) is 29.2 Å². The zero-order valence-corrected chi connectivity index (χ0v) is 17.7. The number of carbonyl (C=O) groups is 2. The molecule has 8 heteroatoms. The molecule has 7 nitrogen and oxygen atoms in total. The minimum absolute atomic E-state index is 0.0229. The first-order chi connectivity index (χ1) is 13.7. The van der Waals surface area contributed by atoms with Crippen LogP contribution >= 0.6 is 0 Å². The number of rotatable bonds is 6. The molecule has 0 radical (unpaired) electrons. The Morgan fingerprint density at radius 2 is 1.52 bits per heavy atom. The highest BCUT2D eigenvalue weighted by molar-refractivity contribution is 7.89. The molecule has 4 aliphatic carbocycles. The van der Waals surface area contributed by atoms with Crippen LogP contribution in [0.5, 0.6) is 0 Å². The quantitative estimate of drug-likeness (QED) is 0.658. The Hall–Kier alpha value is -1.93. The molecule has 4 fully saturated rings. The maximum atomic E-state index is 13.1. The summed E-state index contributed by atoms with van der Waals surface area (Å²) in [5.41, 5.74) is 0.202. The fraction of sp³-hybridized carbons (Fsp3) is 0.619. The first-order valence-corrected chi connectivity index (χ1v) is 11.8. The SMILES string of the molecule is CNS(=O)(=O)c1ccc(NC(=O)[C@H](C)NC(=O)C23CC4CC(CC(C4)C2)C3)cc1. The van der Waals surface area contributed by atoms with Gasteiger partial charge in [0.05, 0.1) is 4.90 Å². The molecular weight excluding hydrogens is 390 g/mol. The fourth-order valence-corrected chi connectivity index (χ4v) is 6.62. The van der Waals surface area contributed by atoms with Crippen LogP contribution in [0, 0.1) is 23.2 Å². The molecule has 0 heterocycles. The van der Waals surface area contributed by atoms with E-state index in [2.05, 4.69) is 15.4 Å². The van der Waals surface area contributed by atoms with Crippen molar-refractivity contribution in [1.29, 1.82) is 0 Å². The summed E-state index contributed by atoms with van der Waals surface area (Å²) < 4.78 is 25.8. The van der Waals surface area contributed by atoms with E-state index >= 15 is 0 Å². The number of carbonyl (C=O) groups excluding carboxylic acids is 2. The largest absolute Gasteiger partial charge is 0.344 e. The first-order valence-electron chi connectivity index (χ1n) is 10.4. The van der Waals surface area contributed by atoms with E-state index in [1.807, 2.05) is 0 Å². The Bertz CT molecular complexity index is 875. The van der Waals surface area contributed by atoms with Gasteiger partial charge < -0.3 is 10.6 Å². The summed E-state index contributed by atoms with van der Waals surface area (Å²) in [5.74, 6) is 1.72. The van der Waals surface area contributed by atoms with Crippen molar-refractivity contribution in [1.82, 2.24) is 10.0 Å². The van der Waals surface area contributed by atoms with Gasteiger partial charge in [-0.15, -0.1) is 0 Å². The number of sulfonamides is 1. The molecule has 0 aliphatic heterocycles. The van der Waals surface area contributed by atoms with Crippen molar-refractivity contribution in [3.8, 4) is 0 Å². The second-order valence-corrected chi connectivity index (χ2v) is 11.0. The molecule has 0 spiro atoms. The van der Waals surface area contributed by atoms with Gasteiger partial charge in [-0.3, -0.25) is 9.59 Å². The molecule has 158 valence electrons. The van der Waals surface area contributed by atoms with Crippen molar-refractivity contribution in [3.63, 3.8) is 0 Å². The van der Waals surface area contributed by atoms with Crippen molar-refractivity contribution in [3.05, 3.63) is 24.3 Å². The van der Waals surface area contributed by atoms with Gasteiger partial charge in [0, 0.05) is 11.1 Å². The van der Waals surface area contributed by atoms with Crippen molar-refractivity contribution in [2.75, 3.05) is 12.4 Å². The molecule has 2 amide bonds. The lowest BCUT2D eigenvalue weighted by Crippen LogP contribution is -2.56. The highest BCUT2D eigenvalue weighted by Crippen LogP contribution is 2.60. The van der Waals surface area contributed by atoms with Gasteiger partial charge in [-0.25, -0.2) is 13.1 Å². The predicted molar refractivity (Wildman–Crippen MR) is 110 cm³/mol. The summed E-state index contributed by atoms with van der Waals surface area (Å²) in [6.07, 6.45) is 6.67. The van der Waals surface area contributed by atoms with Crippen molar-refractivity contribution in [2.24, 2.45) is 23.2 Å². The Labute approximate surface area is 172 Å². The molecule has 5 rings (SSSR count). The molecule has 4 saturated carbocycles. The molecule has 0 aromatic heterocycles. The molecule has 1 aromatic rings. The van der Waals surface area contributed by atoms with Crippen LogP contribution in [-0.2, 0) is 19.6 Å². The van der Waals surface area contributed by atoms with Crippen LogP contribution in [-0.4, -0.2) is 33.3 Å². The van der Waals surface area contributed by atoms with E-state index in [1.165, 1.54) is 50.6 Å². The third kappa shape index (κ3) is 3.92. The van der Waals surface area contributed by atoms with E-state index in [0.29, 0.717) is 23.4 Å². The number of nitrogens with one attached hydrogen (secondary N) is 3. The first kappa shape index (κ1) is 20.3. The summed E-state index contributed by atoms with van der Waals surface area (Å²) in [7, 11) is -2.17. The summed E-state index contributed by atoms with van der Waals surface area (Å²) in [6.45, 7) is 1.69. The molecule has 0 unspecified atom stereocenters. The van der Waals surface area contributed by atoms with Crippen LogP contribution in [0.4, 0.5) is 5.69 Å². The number of hydrogen-bond acceptors (Lipinski definition) is 4. The van der Waals surface area contributed by atoms with Crippen LogP contribution in [0.3, 0.4) is 0 Å². The topological polar surface area (TPSA) is 104 Å². The summed E-state index contributed by atoms with van der Waals surface area (Å²) in [4.78, 5) is 25.8. The van der Waals surface area contributed by atoms with Crippen molar-refractivity contribution in [2.45, 2.75) is 56.4 Å². The third-order valence-electron chi connectivity index (χ3n) is 6.96.